The number of hydrogen-bond acceptors (Lipinski definition) is 7. The highest BCUT2D eigenvalue weighted by molar-refractivity contribution is 9.12. The first kappa shape index (κ1) is 26.1. The molecule has 2 aromatic carbocycles. The molecule has 202 valence electrons. The SMILES string of the molecule is COc1ccc(O)c([C@H]2C3=CC[C@@H]4C(=O)N(c5ccc(C(C)=O)cc5)C(=O)[C@@H]4[C@@H]3CC3=C2C(=O)C=C(Br)C3=O)c1. The smallest absolute Gasteiger partial charge is 0.238 e. The van der Waals surface area contributed by atoms with Gasteiger partial charge in [0.1, 0.15) is 11.5 Å². The van der Waals surface area contributed by atoms with E-state index in [1.165, 1.54) is 31.1 Å². The minimum Gasteiger partial charge on any atom is -0.508 e. The number of methoxy groups -OCH3 is 1. The van der Waals surface area contributed by atoms with E-state index in [2.05, 4.69) is 15.9 Å². The van der Waals surface area contributed by atoms with Gasteiger partial charge in [0.2, 0.25) is 11.8 Å². The number of phenolic OH excluding ortho intramolecular Hbond substituents is 1. The second-order valence-corrected chi connectivity index (χ2v) is 11.3. The number of anilines is 1. The van der Waals surface area contributed by atoms with Crippen LogP contribution in [0.5, 0.6) is 11.5 Å². The quantitative estimate of drug-likeness (QED) is 0.236. The molecule has 1 saturated heterocycles. The van der Waals surface area contributed by atoms with E-state index in [1.54, 1.807) is 36.4 Å². The Kier molecular flexibility index (Phi) is 6.22. The van der Waals surface area contributed by atoms with E-state index in [4.69, 9.17) is 4.74 Å². The topological polar surface area (TPSA) is 118 Å². The normalized spacial score (nSPS) is 25.7. The Balaban J connectivity index is 1.47. The summed E-state index contributed by atoms with van der Waals surface area (Å²) in [6, 6.07) is 11.0. The average molecular weight is 602 g/mol. The van der Waals surface area contributed by atoms with Gasteiger partial charge in [0, 0.05) is 34.3 Å². The number of aromatic hydroxyl groups is 1. The molecule has 1 aliphatic heterocycles. The van der Waals surface area contributed by atoms with Crippen LogP contribution in [0, 0.1) is 17.8 Å². The summed E-state index contributed by atoms with van der Waals surface area (Å²) in [6.07, 6.45) is 3.52. The molecule has 1 N–H and O–H groups in total. The lowest BCUT2D eigenvalue weighted by molar-refractivity contribution is -0.123. The summed E-state index contributed by atoms with van der Waals surface area (Å²) < 4.78 is 5.51. The molecule has 4 aliphatic rings. The number of phenols is 1. The van der Waals surface area contributed by atoms with Crippen molar-refractivity contribution in [3.05, 3.63) is 86.9 Å². The largest absolute Gasteiger partial charge is 0.508 e. The van der Waals surface area contributed by atoms with E-state index in [-0.39, 0.29) is 63.4 Å². The number of nitrogens with zero attached hydrogens (tertiary/aromatic N) is 1. The highest BCUT2D eigenvalue weighted by Crippen LogP contribution is 2.56. The van der Waals surface area contributed by atoms with Crippen molar-refractivity contribution >= 4 is 50.8 Å². The molecular weight excluding hydrogens is 578 g/mol. The predicted molar refractivity (Wildman–Crippen MR) is 148 cm³/mol. The summed E-state index contributed by atoms with van der Waals surface area (Å²) in [5.41, 5.74) is 2.51. The Morgan fingerprint density at radius 3 is 2.42 bits per heavy atom. The zero-order valence-corrected chi connectivity index (χ0v) is 23.2. The maximum absolute atomic E-state index is 14.0. The minimum absolute atomic E-state index is 0.0730. The fourth-order valence-corrected chi connectivity index (χ4v) is 7.00. The molecule has 0 spiro atoms. The first-order chi connectivity index (χ1) is 19.1. The minimum atomic E-state index is -0.787. The zero-order chi connectivity index (χ0) is 28.5. The number of carbonyl (C=O) groups excluding carboxylic acids is 5. The van der Waals surface area contributed by atoms with Crippen LogP contribution in [0.1, 0.15) is 41.6 Å². The second kappa shape index (κ2) is 9.52. The highest BCUT2D eigenvalue weighted by Gasteiger charge is 2.57. The summed E-state index contributed by atoms with van der Waals surface area (Å²) in [7, 11) is 1.49. The lowest BCUT2D eigenvalue weighted by Gasteiger charge is -2.42. The van der Waals surface area contributed by atoms with E-state index >= 15 is 0 Å². The number of carbonyl (C=O) groups is 5. The molecule has 2 amide bonds. The van der Waals surface area contributed by atoms with Crippen molar-refractivity contribution in [2.24, 2.45) is 17.8 Å². The Labute approximate surface area is 238 Å². The molecule has 3 aliphatic carbocycles. The fourth-order valence-electron chi connectivity index (χ4n) is 6.55. The predicted octanol–water partition coefficient (Wildman–Crippen LogP) is 4.57. The van der Waals surface area contributed by atoms with Gasteiger partial charge in [0.25, 0.3) is 0 Å². The summed E-state index contributed by atoms with van der Waals surface area (Å²) >= 11 is 3.21. The Morgan fingerprint density at radius 1 is 1.02 bits per heavy atom. The van der Waals surface area contributed by atoms with Gasteiger partial charge in [-0.1, -0.05) is 11.6 Å². The zero-order valence-electron chi connectivity index (χ0n) is 21.6. The highest BCUT2D eigenvalue weighted by atomic mass is 79.9. The van der Waals surface area contributed by atoms with Crippen molar-refractivity contribution in [1.29, 1.82) is 0 Å². The van der Waals surface area contributed by atoms with Gasteiger partial charge >= 0.3 is 0 Å². The first-order valence-electron chi connectivity index (χ1n) is 12.9. The lowest BCUT2D eigenvalue weighted by atomic mass is 9.59. The number of hydrogen-bond donors (Lipinski definition) is 1. The number of Topliss-reactive ketones (excluding diaryl/α,β-unsaturated/α-hetero) is 2. The van der Waals surface area contributed by atoms with Gasteiger partial charge in [-0.05, 0) is 84.1 Å². The van der Waals surface area contributed by atoms with E-state index in [1.807, 2.05) is 6.08 Å². The average Bonchev–Trinajstić information content (AvgIpc) is 3.20. The number of allylic oxidation sites excluding steroid dienone is 6. The van der Waals surface area contributed by atoms with Crippen LogP contribution in [0.15, 0.2) is 75.8 Å². The van der Waals surface area contributed by atoms with Crippen molar-refractivity contribution in [3.63, 3.8) is 0 Å². The van der Waals surface area contributed by atoms with E-state index in [0.717, 1.165) is 5.57 Å². The molecule has 8 nitrogen and oxygen atoms in total. The van der Waals surface area contributed by atoms with Crippen LogP contribution in [0.4, 0.5) is 5.69 Å². The number of rotatable bonds is 4. The monoisotopic (exact) mass is 601 g/mol. The van der Waals surface area contributed by atoms with Crippen LogP contribution in [0.25, 0.3) is 0 Å². The Morgan fingerprint density at radius 2 is 1.75 bits per heavy atom. The van der Waals surface area contributed by atoms with Crippen molar-refractivity contribution < 1.29 is 33.8 Å². The van der Waals surface area contributed by atoms with Gasteiger partial charge in [0.15, 0.2) is 17.3 Å². The Hall–Kier alpha value is -4.11. The van der Waals surface area contributed by atoms with Gasteiger partial charge in [0.05, 0.1) is 29.1 Å². The van der Waals surface area contributed by atoms with Gasteiger partial charge < -0.3 is 9.84 Å². The molecular formula is C31H24BrNO7. The standard InChI is InChI=1S/C31H24BrNO7/c1-14(34)15-3-5-16(6-4-15)33-30(38)19-9-8-18-20(27(19)31(33)39)12-22-28(25(36)13-23(32)29(22)37)26(18)21-11-17(40-2)7-10-24(21)35/h3-8,10-11,13,19-20,26-27,35H,9,12H2,1-2H3/t19-,20+,26+,27-/m0/s1. The lowest BCUT2D eigenvalue weighted by Crippen LogP contribution is -2.39. The van der Waals surface area contributed by atoms with Gasteiger partial charge in [-0.25, -0.2) is 0 Å². The van der Waals surface area contributed by atoms with Gasteiger partial charge in [-0.15, -0.1) is 0 Å². The number of amides is 2. The van der Waals surface area contributed by atoms with Crippen molar-refractivity contribution in [2.75, 3.05) is 12.0 Å². The van der Waals surface area contributed by atoms with Crippen molar-refractivity contribution in [3.8, 4) is 11.5 Å². The molecule has 1 heterocycles. The summed E-state index contributed by atoms with van der Waals surface area (Å²) in [6.45, 7) is 1.44. The molecule has 0 bridgehead atoms. The van der Waals surface area contributed by atoms with Crippen LogP contribution in [-0.2, 0) is 19.2 Å². The van der Waals surface area contributed by atoms with Crippen LogP contribution in [0.2, 0.25) is 0 Å². The molecule has 0 radical (unpaired) electrons. The van der Waals surface area contributed by atoms with E-state index in [0.29, 0.717) is 22.6 Å². The fraction of sp³-hybridized carbons (Fsp3) is 0.258. The molecule has 9 heteroatoms. The maximum Gasteiger partial charge on any atom is 0.238 e. The van der Waals surface area contributed by atoms with Crippen molar-refractivity contribution in [1.82, 2.24) is 0 Å². The number of ketones is 3. The third-order valence-corrected chi connectivity index (χ3v) is 9.00. The third kappa shape index (κ3) is 3.83. The molecule has 0 aromatic heterocycles. The first-order valence-corrected chi connectivity index (χ1v) is 13.7. The molecule has 40 heavy (non-hydrogen) atoms. The summed E-state index contributed by atoms with van der Waals surface area (Å²) in [4.78, 5) is 67.1. The van der Waals surface area contributed by atoms with Crippen molar-refractivity contribution in [2.45, 2.75) is 25.7 Å². The van der Waals surface area contributed by atoms with E-state index in [9.17, 15) is 29.1 Å². The van der Waals surface area contributed by atoms with Crippen LogP contribution in [-0.4, -0.2) is 41.4 Å². The number of imide groups is 1. The van der Waals surface area contributed by atoms with Crippen LogP contribution < -0.4 is 9.64 Å². The maximum atomic E-state index is 14.0. The number of fused-ring (bicyclic) bond motifs is 3. The molecule has 4 atom stereocenters. The van der Waals surface area contributed by atoms with Crippen LogP contribution in [0.3, 0.4) is 0 Å². The summed E-state index contributed by atoms with van der Waals surface area (Å²) in [5, 5.41) is 10.9. The summed E-state index contributed by atoms with van der Waals surface area (Å²) in [5.74, 6) is -3.88. The molecule has 2 aromatic rings. The number of halogens is 1. The second-order valence-electron chi connectivity index (χ2n) is 10.4. The number of benzene rings is 2. The third-order valence-electron chi connectivity index (χ3n) is 8.41. The van der Waals surface area contributed by atoms with Gasteiger partial charge in [-0.3, -0.25) is 28.9 Å². The number of ether oxygens (including phenoxy) is 1. The molecule has 0 unspecified atom stereocenters. The molecule has 1 fully saturated rings. The van der Waals surface area contributed by atoms with Crippen LogP contribution >= 0.6 is 15.9 Å². The van der Waals surface area contributed by atoms with E-state index < -0.39 is 23.7 Å². The molecule has 0 saturated carbocycles. The van der Waals surface area contributed by atoms with Gasteiger partial charge in [-0.2, -0.15) is 0 Å². The molecule has 6 rings (SSSR count). The Bertz CT molecular complexity index is 1630.